The van der Waals surface area contributed by atoms with Gasteiger partial charge in [-0.25, -0.2) is 4.79 Å². The van der Waals surface area contributed by atoms with E-state index >= 15 is 0 Å². The van der Waals surface area contributed by atoms with Gasteiger partial charge in [0.2, 0.25) is 0 Å². The highest BCUT2D eigenvalue weighted by Gasteiger charge is 2.29. The van der Waals surface area contributed by atoms with Crippen molar-refractivity contribution in [1.82, 2.24) is 0 Å². The van der Waals surface area contributed by atoms with E-state index in [0.29, 0.717) is 18.1 Å². The molecule has 1 heterocycles. The molecule has 3 nitrogen and oxygen atoms in total. The molecule has 0 unspecified atom stereocenters. The lowest BCUT2D eigenvalue weighted by Gasteiger charge is -2.09. The van der Waals surface area contributed by atoms with Crippen LogP contribution in [0.25, 0.3) is 0 Å². The maximum Gasteiger partial charge on any atom is 0.353 e. The standard InChI is InChI=1S/C8H13NO2S/c1-4-11-7(10)6-5-12-8(2,3)9-6/h4-5H2,1-3H3. The first kappa shape index (κ1) is 9.58. The first-order valence-electron chi connectivity index (χ1n) is 3.95. The van der Waals surface area contributed by atoms with Crippen LogP contribution in [0, 0.1) is 0 Å². The van der Waals surface area contributed by atoms with Crippen molar-refractivity contribution in [2.75, 3.05) is 12.4 Å². The number of nitrogens with zero attached hydrogens (tertiary/aromatic N) is 1. The van der Waals surface area contributed by atoms with Gasteiger partial charge in [-0.2, -0.15) is 0 Å². The van der Waals surface area contributed by atoms with Crippen LogP contribution in [0.2, 0.25) is 0 Å². The van der Waals surface area contributed by atoms with Crippen molar-refractivity contribution >= 4 is 23.4 Å². The quantitative estimate of drug-likeness (QED) is 0.614. The Kier molecular flexibility index (Phi) is 2.77. The molecule has 0 atom stereocenters. The Morgan fingerprint density at radius 2 is 2.42 bits per heavy atom. The summed E-state index contributed by atoms with van der Waals surface area (Å²) in [5, 5.41) is 0. The summed E-state index contributed by atoms with van der Waals surface area (Å²) in [6.45, 7) is 6.20. The Morgan fingerprint density at radius 1 is 1.75 bits per heavy atom. The number of ether oxygens (including phenoxy) is 1. The third-order valence-corrected chi connectivity index (χ3v) is 2.69. The zero-order valence-electron chi connectivity index (χ0n) is 7.59. The molecule has 0 aromatic heterocycles. The van der Waals surface area contributed by atoms with E-state index in [1.54, 1.807) is 18.7 Å². The Morgan fingerprint density at radius 3 is 2.83 bits per heavy atom. The molecule has 0 spiro atoms. The molecule has 0 bridgehead atoms. The fourth-order valence-electron chi connectivity index (χ4n) is 0.954. The normalized spacial score (nSPS) is 20.4. The summed E-state index contributed by atoms with van der Waals surface area (Å²) in [7, 11) is 0. The van der Waals surface area contributed by atoms with Crippen LogP contribution in [0.4, 0.5) is 0 Å². The number of carbonyl (C=O) groups excluding carboxylic acids is 1. The first-order chi connectivity index (χ1) is 5.55. The van der Waals surface area contributed by atoms with Gasteiger partial charge >= 0.3 is 5.97 Å². The molecule has 12 heavy (non-hydrogen) atoms. The molecule has 0 saturated carbocycles. The van der Waals surface area contributed by atoms with Crippen molar-refractivity contribution in [3.63, 3.8) is 0 Å². The minimum atomic E-state index is -0.268. The summed E-state index contributed by atoms with van der Waals surface area (Å²) < 4.78 is 4.84. The van der Waals surface area contributed by atoms with E-state index in [2.05, 4.69) is 4.99 Å². The number of hydrogen-bond acceptors (Lipinski definition) is 4. The van der Waals surface area contributed by atoms with Gasteiger partial charge < -0.3 is 4.74 Å². The molecular formula is C8H13NO2S. The summed E-state index contributed by atoms with van der Waals surface area (Å²) in [5.41, 5.74) is 0.562. The predicted octanol–water partition coefficient (Wildman–Crippen LogP) is 1.47. The smallest absolute Gasteiger partial charge is 0.353 e. The van der Waals surface area contributed by atoms with Gasteiger partial charge in [0.1, 0.15) is 10.6 Å². The molecule has 0 amide bonds. The molecule has 1 aliphatic rings. The number of carbonyl (C=O) groups is 1. The topological polar surface area (TPSA) is 38.7 Å². The minimum absolute atomic E-state index is 0.151. The van der Waals surface area contributed by atoms with E-state index in [1.807, 2.05) is 13.8 Å². The summed E-state index contributed by atoms with van der Waals surface area (Å²) >= 11 is 1.66. The van der Waals surface area contributed by atoms with Crippen molar-refractivity contribution in [3.05, 3.63) is 0 Å². The fraction of sp³-hybridized carbons (Fsp3) is 0.750. The second kappa shape index (κ2) is 3.47. The Hall–Kier alpha value is -0.510. The summed E-state index contributed by atoms with van der Waals surface area (Å²) in [4.78, 5) is 15.3. The molecule has 4 heteroatoms. The van der Waals surface area contributed by atoms with Crippen LogP contribution in [-0.4, -0.2) is 28.9 Å². The summed E-state index contributed by atoms with van der Waals surface area (Å²) in [6, 6.07) is 0. The van der Waals surface area contributed by atoms with Crippen LogP contribution in [0.15, 0.2) is 4.99 Å². The molecule has 1 rings (SSSR count). The van der Waals surface area contributed by atoms with Gasteiger partial charge in [0.15, 0.2) is 0 Å². The highest BCUT2D eigenvalue weighted by molar-refractivity contribution is 8.01. The van der Waals surface area contributed by atoms with Crippen molar-refractivity contribution in [2.45, 2.75) is 25.6 Å². The van der Waals surface area contributed by atoms with Gasteiger partial charge in [0.25, 0.3) is 0 Å². The second-order valence-corrected chi connectivity index (χ2v) is 4.59. The largest absolute Gasteiger partial charge is 0.461 e. The Balaban J connectivity index is 2.60. The van der Waals surface area contributed by atoms with Crippen molar-refractivity contribution in [2.24, 2.45) is 4.99 Å². The summed E-state index contributed by atoms with van der Waals surface area (Å²) in [5.74, 6) is 0.404. The van der Waals surface area contributed by atoms with Crippen LogP contribution in [0.5, 0.6) is 0 Å². The molecule has 0 N–H and O–H groups in total. The van der Waals surface area contributed by atoms with Crippen molar-refractivity contribution in [3.8, 4) is 0 Å². The highest BCUT2D eigenvalue weighted by Crippen LogP contribution is 2.31. The minimum Gasteiger partial charge on any atom is -0.461 e. The van der Waals surface area contributed by atoms with Gasteiger partial charge in [-0.05, 0) is 20.8 Å². The maximum absolute atomic E-state index is 11.2. The van der Waals surface area contributed by atoms with Crippen molar-refractivity contribution in [1.29, 1.82) is 0 Å². The highest BCUT2D eigenvalue weighted by atomic mass is 32.2. The van der Waals surface area contributed by atoms with E-state index in [4.69, 9.17) is 4.74 Å². The molecule has 0 fully saturated rings. The lowest BCUT2D eigenvalue weighted by molar-refractivity contribution is -0.135. The zero-order chi connectivity index (χ0) is 9.19. The average molecular weight is 187 g/mol. The van der Waals surface area contributed by atoms with Gasteiger partial charge in [-0.1, -0.05) is 0 Å². The second-order valence-electron chi connectivity index (χ2n) is 3.01. The zero-order valence-corrected chi connectivity index (χ0v) is 8.40. The van der Waals surface area contributed by atoms with E-state index < -0.39 is 0 Å². The van der Waals surface area contributed by atoms with Crippen LogP contribution in [0.1, 0.15) is 20.8 Å². The lowest BCUT2D eigenvalue weighted by atomic mass is 10.3. The molecule has 0 radical (unpaired) electrons. The Labute approximate surface area is 76.6 Å². The summed E-state index contributed by atoms with van der Waals surface area (Å²) in [6.07, 6.45) is 0. The number of aliphatic imine (C=N–C) groups is 1. The van der Waals surface area contributed by atoms with Crippen LogP contribution in [0.3, 0.4) is 0 Å². The van der Waals surface area contributed by atoms with E-state index in [0.717, 1.165) is 0 Å². The molecule has 1 aliphatic heterocycles. The molecule has 68 valence electrons. The van der Waals surface area contributed by atoms with Gasteiger partial charge in [0.05, 0.1) is 6.61 Å². The van der Waals surface area contributed by atoms with E-state index in [-0.39, 0.29) is 10.8 Å². The maximum atomic E-state index is 11.2. The molecule has 0 aromatic carbocycles. The molecule has 0 aromatic rings. The van der Waals surface area contributed by atoms with Crippen LogP contribution >= 0.6 is 11.8 Å². The number of esters is 1. The van der Waals surface area contributed by atoms with Crippen molar-refractivity contribution < 1.29 is 9.53 Å². The number of hydrogen-bond donors (Lipinski definition) is 0. The third-order valence-electron chi connectivity index (χ3n) is 1.48. The lowest BCUT2D eigenvalue weighted by Crippen LogP contribution is -2.17. The monoisotopic (exact) mass is 187 g/mol. The van der Waals surface area contributed by atoms with Gasteiger partial charge in [0, 0.05) is 5.75 Å². The van der Waals surface area contributed by atoms with Crippen LogP contribution in [-0.2, 0) is 9.53 Å². The average Bonchev–Trinajstić information content (AvgIpc) is 2.31. The SMILES string of the molecule is CCOC(=O)C1=NC(C)(C)SC1. The molecule has 0 saturated heterocycles. The number of thioether (sulfide) groups is 1. The van der Waals surface area contributed by atoms with Gasteiger partial charge in [-0.3, -0.25) is 4.99 Å². The molecule has 0 aliphatic carbocycles. The van der Waals surface area contributed by atoms with Crippen LogP contribution < -0.4 is 0 Å². The predicted molar refractivity (Wildman–Crippen MR) is 50.6 cm³/mol. The molecular weight excluding hydrogens is 174 g/mol. The van der Waals surface area contributed by atoms with E-state index in [9.17, 15) is 4.79 Å². The number of rotatable bonds is 2. The van der Waals surface area contributed by atoms with E-state index in [1.165, 1.54) is 0 Å². The Bertz CT molecular complexity index is 223. The first-order valence-corrected chi connectivity index (χ1v) is 4.93. The van der Waals surface area contributed by atoms with Gasteiger partial charge in [-0.15, -0.1) is 11.8 Å². The third kappa shape index (κ3) is 2.24. The fourth-order valence-corrected chi connectivity index (χ4v) is 1.80.